The number of carbonyl (C=O) groups is 1. The standard InChI is InChI=1S/C21H26N2O3S/c1-16-11-12-18(27(25,26)22-20-10-6-5-9-17(20)2)15-19(16)21(24)23-13-7-3-4-8-14-23/h5-6,9-12,15,22H,3-4,7-8,13-14H2,1-2H3. The Kier molecular flexibility index (Phi) is 5.85. The molecule has 0 atom stereocenters. The first kappa shape index (κ1) is 19.4. The molecule has 3 rings (SSSR count). The van der Waals surface area contributed by atoms with Gasteiger partial charge in [0.15, 0.2) is 0 Å². The van der Waals surface area contributed by atoms with Crippen LogP contribution in [-0.2, 0) is 10.0 Å². The number of sulfonamides is 1. The average molecular weight is 387 g/mol. The lowest BCUT2D eigenvalue weighted by Gasteiger charge is -2.21. The van der Waals surface area contributed by atoms with Gasteiger partial charge in [-0.25, -0.2) is 8.42 Å². The fraction of sp³-hybridized carbons (Fsp3) is 0.381. The number of nitrogens with one attached hydrogen (secondary N) is 1. The van der Waals surface area contributed by atoms with Gasteiger partial charge in [-0.1, -0.05) is 37.1 Å². The monoisotopic (exact) mass is 386 g/mol. The van der Waals surface area contributed by atoms with Crippen LogP contribution in [0.2, 0.25) is 0 Å². The van der Waals surface area contributed by atoms with Crippen LogP contribution < -0.4 is 4.72 Å². The highest BCUT2D eigenvalue weighted by Crippen LogP contribution is 2.23. The summed E-state index contributed by atoms with van der Waals surface area (Å²) in [5, 5.41) is 0. The lowest BCUT2D eigenvalue weighted by molar-refractivity contribution is 0.0760. The quantitative estimate of drug-likeness (QED) is 0.859. The Morgan fingerprint density at radius 2 is 1.59 bits per heavy atom. The number of aryl methyl sites for hydroxylation is 2. The highest BCUT2D eigenvalue weighted by atomic mass is 32.2. The molecule has 1 heterocycles. The van der Waals surface area contributed by atoms with E-state index in [0.717, 1.165) is 49.9 Å². The molecule has 0 saturated carbocycles. The van der Waals surface area contributed by atoms with Crippen LogP contribution in [0, 0.1) is 13.8 Å². The van der Waals surface area contributed by atoms with Gasteiger partial charge in [-0.05, 0) is 56.0 Å². The number of hydrogen-bond donors (Lipinski definition) is 1. The summed E-state index contributed by atoms with van der Waals surface area (Å²) in [6.07, 6.45) is 4.27. The zero-order valence-electron chi connectivity index (χ0n) is 15.9. The summed E-state index contributed by atoms with van der Waals surface area (Å²) < 4.78 is 28.3. The van der Waals surface area contributed by atoms with Gasteiger partial charge in [-0.2, -0.15) is 0 Å². The molecule has 0 aromatic heterocycles. The molecule has 0 spiro atoms. The molecule has 0 aliphatic carbocycles. The summed E-state index contributed by atoms with van der Waals surface area (Å²) >= 11 is 0. The van der Waals surface area contributed by atoms with Gasteiger partial charge in [0.05, 0.1) is 10.6 Å². The predicted octanol–water partition coefficient (Wildman–Crippen LogP) is 4.12. The summed E-state index contributed by atoms with van der Waals surface area (Å²) in [5.41, 5.74) is 2.64. The van der Waals surface area contributed by atoms with Crippen molar-refractivity contribution in [2.75, 3.05) is 17.8 Å². The minimum absolute atomic E-state index is 0.0812. The van der Waals surface area contributed by atoms with Gasteiger partial charge in [0, 0.05) is 18.7 Å². The molecule has 1 saturated heterocycles. The van der Waals surface area contributed by atoms with E-state index in [4.69, 9.17) is 0 Å². The molecule has 1 N–H and O–H groups in total. The third kappa shape index (κ3) is 4.50. The van der Waals surface area contributed by atoms with Crippen LogP contribution in [0.15, 0.2) is 47.4 Å². The van der Waals surface area contributed by atoms with Crippen molar-refractivity contribution in [1.82, 2.24) is 4.90 Å². The SMILES string of the molecule is Cc1ccccc1NS(=O)(=O)c1ccc(C)c(C(=O)N2CCCCCC2)c1. The first-order chi connectivity index (χ1) is 12.9. The molecule has 1 fully saturated rings. The largest absolute Gasteiger partial charge is 0.339 e. The number of hydrogen-bond acceptors (Lipinski definition) is 3. The summed E-state index contributed by atoms with van der Waals surface area (Å²) in [5.74, 6) is -0.0812. The molecular weight excluding hydrogens is 360 g/mol. The zero-order chi connectivity index (χ0) is 19.4. The predicted molar refractivity (Wildman–Crippen MR) is 108 cm³/mol. The number of benzene rings is 2. The topological polar surface area (TPSA) is 66.5 Å². The van der Waals surface area contributed by atoms with Crippen molar-refractivity contribution in [2.24, 2.45) is 0 Å². The molecule has 0 unspecified atom stereocenters. The first-order valence-corrected chi connectivity index (χ1v) is 10.9. The van der Waals surface area contributed by atoms with Crippen molar-refractivity contribution in [3.8, 4) is 0 Å². The molecule has 2 aromatic rings. The highest BCUT2D eigenvalue weighted by Gasteiger charge is 2.22. The fourth-order valence-electron chi connectivity index (χ4n) is 3.33. The maximum Gasteiger partial charge on any atom is 0.261 e. The number of nitrogens with zero attached hydrogens (tertiary/aromatic N) is 1. The van der Waals surface area contributed by atoms with Crippen molar-refractivity contribution in [1.29, 1.82) is 0 Å². The van der Waals surface area contributed by atoms with Gasteiger partial charge in [0.2, 0.25) is 0 Å². The number of carbonyl (C=O) groups excluding carboxylic acids is 1. The summed E-state index contributed by atoms with van der Waals surface area (Å²) in [6, 6.07) is 12.0. The molecule has 27 heavy (non-hydrogen) atoms. The van der Waals surface area contributed by atoms with Crippen LogP contribution in [-0.4, -0.2) is 32.3 Å². The molecule has 6 heteroatoms. The Hall–Kier alpha value is -2.34. The molecule has 1 aliphatic rings. The average Bonchev–Trinajstić information content (AvgIpc) is 2.92. The van der Waals surface area contributed by atoms with Crippen molar-refractivity contribution in [2.45, 2.75) is 44.4 Å². The molecule has 0 radical (unpaired) electrons. The van der Waals surface area contributed by atoms with E-state index in [1.807, 2.05) is 30.9 Å². The van der Waals surface area contributed by atoms with E-state index < -0.39 is 10.0 Å². The summed E-state index contributed by atoms with van der Waals surface area (Å²) in [7, 11) is -3.77. The third-order valence-electron chi connectivity index (χ3n) is 5.03. The van der Waals surface area contributed by atoms with E-state index in [9.17, 15) is 13.2 Å². The van der Waals surface area contributed by atoms with Gasteiger partial charge in [0.25, 0.3) is 15.9 Å². The van der Waals surface area contributed by atoms with Crippen molar-refractivity contribution < 1.29 is 13.2 Å². The first-order valence-electron chi connectivity index (χ1n) is 9.37. The Morgan fingerprint density at radius 1 is 0.926 bits per heavy atom. The van der Waals surface area contributed by atoms with E-state index in [0.29, 0.717) is 11.3 Å². The van der Waals surface area contributed by atoms with Crippen LogP contribution in [0.1, 0.15) is 47.2 Å². The number of anilines is 1. The number of amides is 1. The summed E-state index contributed by atoms with van der Waals surface area (Å²) in [4.78, 5) is 14.9. The molecule has 1 amide bonds. The zero-order valence-corrected chi connectivity index (χ0v) is 16.7. The van der Waals surface area contributed by atoms with E-state index in [-0.39, 0.29) is 10.8 Å². The smallest absolute Gasteiger partial charge is 0.261 e. The van der Waals surface area contributed by atoms with Gasteiger partial charge in [-0.15, -0.1) is 0 Å². The highest BCUT2D eigenvalue weighted by molar-refractivity contribution is 7.92. The second kappa shape index (κ2) is 8.13. The lowest BCUT2D eigenvalue weighted by atomic mass is 10.1. The molecular formula is C21H26N2O3S. The van der Waals surface area contributed by atoms with Gasteiger partial charge >= 0.3 is 0 Å². The number of likely N-dealkylation sites (tertiary alicyclic amines) is 1. The Labute approximate surface area is 161 Å². The Balaban J connectivity index is 1.90. The van der Waals surface area contributed by atoms with Gasteiger partial charge in [-0.3, -0.25) is 9.52 Å². The van der Waals surface area contributed by atoms with E-state index in [1.165, 1.54) is 6.07 Å². The molecule has 1 aliphatic heterocycles. The second-order valence-corrected chi connectivity index (χ2v) is 8.79. The molecule has 2 aromatic carbocycles. The van der Waals surface area contributed by atoms with Gasteiger partial charge in [0.1, 0.15) is 0 Å². The summed E-state index contributed by atoms with van der Waals surface area (Å²) in [6.45, 7) is 5.16. The van der Waals surface area contributed by atoms with Crippen LogP contribution >= 0.6 is 0 Å². The van der Waals surface area contributed by atoms with E-state index >= 15 is 0 Å². The fourth-order valence-corrected chi connectivity index (χ4v) is 4.49. The Bertz CT molecular complexity index is 930. The van der Waals surface area contributed by atoms with Crippen LogP contribution in [0.4, 0.5) is 5.69 Å². The number of rotatable bonds is 4. The van der Waals surface area contributed by atoms with E-state index in [1.54, 1.807) is 24.3 Å². The van der Waals surface area contributed by atoms with Crippen LogP contribution in [0.5, 0.6) is 0 Å². The maximum atomic E-state index is 13.0. The van der Waals surface area contributed by atoms with Crippen molar-refractivity contribution in [3.63, 3.8) is 0 Å². The Morgan fingerprint density at radius 3 is 2.26 bits per heavy atom. The minimum atomic E-state index is -3.77. The number of para-hydroxylation sites is 1. The molecule has 144 valence electrons. The maximum absolute atomic E-state index is 13.0. The van der Waals surface area contributed by atoms with Crippen LogP contribution in [0.3, 0.4) is 0 Å². The van der Waals surface area contributed by atoms with Gasteiger partial charge < -0.3 is 4.90 Å². The van der Waals surface area contributed by atoms with Crippen molar-refractivity contribution in [3.05, 3.63) is 59.2 Å². The third-order valence-corrected chi connectivity index (χ3v) is 6.40. The lowest BCUT2D eigenvalue weighted by Crippen LogP contribution is -2.32. The molecule has 5 nitrogen and oxygen atoms in total. The van der Waals surface area contributed by atoms with E-state index in [2.05, 4.69) is 4.72 Å². The minimum Gasteiger partial charge on any atom is -0.339 e. The van der Waals surface area contributed by atoms with Crippen molar-refractivity contribution >= 4 is 21.6 Å². The second-order valence-electron chi connectivity index (χ2n) is 7.10. The van der Waals surface area contributed by atoms with Crippen LogP contribution in [0.25, 0.3) is 0 Å². The normalized spacial score (nSPS) is 15.3. The molecule has 0 bridgehead atoms.